The molecular weight excluding hydrogens is 136 g/mol. The number of aromatic nitrogens is 2. The lowest BCUT2D eigenvalue weighted by Crippen LogP contribution is -1.86. The summed E-state index contributed by atoms with van der Waals surface area (Å²) >= 11 is 0. The molecule has 0 amide bonds. The van der Waals surface area contributed by atoms with E-state index < -0.39 is 0 Å². The summed E-state index contributed by atoms with van der Waals surface area (Å²) in [6.07, 6.45) is 5.92. The molecule has 0 aliphatic heterocycles. The quantitative estimate of drug-likeness (QED) is 0.599. The highest BCUT2D eigenvalue weighted by molar-refractivity contribution is 5.41. The van der Waals surface area contributed by atoms with Crippen molar-refractivity contribution >= 4 is 5.65 Å². The van der Waals surface area contributed by atoms with Gasteiger partial charge in [-0.05, 0) is 12.1 Å². The Morgan fingerprint density at radius 1 is 1.45 bits per heavy atom. The molecule has 0 saturated carbocycles. The van der Waals surface area contributed by atoms with Crippen LogP contribution in [-0.2, 0) is 0 Å². The van der Waals surface area contributed by atoms with Crippen molar-refractivity contribution in [2.45, 2.75) is 6.92 Å². The van der Waals surface area contributed by atoms with E-state index in [4.69, 9.17) is 0 Å². The van der Waals surface area contributed by atoms with Gasteiger partial charge in [-0.15, -0.1) is 0 Å². The Kier molecular flexibility index (Phi) is 1.39. The van der Waals surface area contributed by atoms with Gasteiger partial charge in [0, 0.05) is 24.5 Å². The van der Waals surface area contributed by atoms with E-state index in [9.17, 15) is 0 Å². The molecule has 55 valence electrons. The molecule has 0 aliphatic carbocycles. The zero-order valence-electron chi connectivity index (χ0n) is 6.36. The summed E-state index contributed by atoms with van der Waals surface area (Å²) in [5, 5.41) is 0. The highest BCUT2D eigenvalue weighted by atomic mass is 15.0. The third kappa shape index (κ3) is 0.909. The standard InChI is InChI=1S/C9H9N2/c1-2-8-7-10-9-5-3-4-6-11(8)9/h2-7H,1H3. The van der Waals surface area contributed by atoms with Crippen LogP contribution in [-0.4, -0.2) is 9.38 Å². The zero-order valence-corrected chi connectivity index (χ0v) is 6.36. The van der Waals surface area contributed by atoms with Gasteiger partial charge in [0.05, 0.1) is 0 Å². The van der Waals surface area contributed by atoms with Gasteiger partial charge >= 0.3 is 0 Å². The molecule has 2 heteroatoms. The predicted octanol–water partition coefficient (Wildman–Crippen LogP) is 1.91. The topological polar surface area (TPSA) is 17.3 Å². The molecule has 11 heavy (non-hydrogen) atoms. The lowest BCUT2D eigenvalue weighted by atomic mass is 10.4. The van der Waals surface area contributed by atoms with Gasteiger partial charge in [0.15, 0.2) is 0 Å². The highest BCUT2D eigenvalue weighted by Crippen LogP contribution is 2.06. The summed E-state index contributed by atoms with van der Waals surface area (Å²) in [5.74, 6) is 0. The predicted molar refractivity (Wildman–Crippen MR) is 44.3 cm³/mol. The van der Waals surface area contributed by atoms with Crippen LogP contribution in [0.25, 0.3) is 5.65 Å². The second kappa shape index (κ2) is 2.38. The fourth-order valence-corrected chi connectivity index (χ4v) is 1.17. The van der Waals surface area contributed by atoms with Crippen LogP contribution in [0, 0.1) is 6.42 Å². The summed E-state index contributed by atoms with van der Waals surface area (Å²) in [7, 11) is 0. The second-order valence-electron chi connectivity index (χ2n) is 2.40. The van der Waals surface area contributed by atoms with Gasteiger partial charge in [0.2, 0.25) is 0 Å². The number of hydrogen-bond donors (Lipinski definition) is 0. The van der Waals surface area contributed by atoms with Crippen molar-refractivity contribution in [3.63, 3.8) is 0 Å². The average molecular weight is 145 g/mol. The number of fused-ring (bicyclic) bond motifs is 1. The summed E-state index contributed by atoms with van der Waals surface area (Å²) in [6, 6.07) is 5.98. The van der Waals surface area contributed by atoms with E-state index in [1.165, 1.54) is 0 Å². The Morgan fingerprint density at radius 3 is 3.18 bits per heavy atom. The molecule has 0 aromatic carbocycles. The molecule has 2 rings (SSSR count). The minimum atomic E-state index is 1.00. The smallest absolute Gasteiger partial charge is 0.136 e. The summed E-state index contributed by atoms with van der Waals surface area (Å²) in [5.41, 5.74) is 2.14. The summed E-state index contributed by atoms with van der Waals surface area (Å²) in [4.78, 5) is 4.22. The molecule has 0 N–H and O–H groups in total. The Bertz CT molecular complexity index is 362. The molecule has 2 aromatic heterocycles. The summed E-state index contributed by atoms with van der Waals surface area (Å²) < 4.78 is 2.06. The maximum atomic E-state index is 4.22. The van der Waals surface area contributed by atoms with Crippen molar-refractivity contribution in [1.29, 1.82) is 0 Å². The fourth-order valence-electron chi connectivity index (χ4n) is 1.17. The number of rotatable bonds is 1. The number of pyridine rings is 1. The van der Waals surface area contributed by atoms with Crippen LogP contribution < -0.4 is 0 Å². The minimum Gasteiger partial charge on any atom is -0.304 e. The zero-order chi connectivity index (χ0) is 7.68. The lowest BCUT2D eigenvalue weighted by Gasteiger charge is -1.94. The van der Waals surface area contributed by atoms with E-state index in [0.717, 1.165) is 11.3 Å². The lowest BCUT2D eigenvalue weighted by molar-refractivity contribution is 1.12. The van der Waals surface area contributed by atoms with Crippen LogP contribution >= 0.6 is 0 Å². The molecule has 0 aliphatic rings. The number of nitrogens with zero attached hydrogens (tertiary/aromatic N) is 2. The molecule has 0 spiro atoms. The van der Waals surface area contributed by atoms with Gasteiger partial charge in [0.1, 0.15) is 5.65 Å². The van der Waals surface area contributed by atoms with Gasteiger partial charge in [-0.1, -0.05) is 13.0 Å². The number of hydrogen-bond acceptors (Lipinski definition) is 1. The molecule has 2 aromatic rings. The fraction of sp³-hybridized carbons (Fsp3) is 0.111. The summed E-state index contributed by atoms with van der Waals surface area (Å²) in [6.45, 7) is 2.01. The third-order valence-electron chi connectivity index (χ3n) is 1.74. The van der Waals surface area contributed by atoms with E-state index >= 15 is 0 Å². The maximum absolute atomic E-state index is 4.22. The SMILES string of the molecule is C[CH]c1cnc2ccccn12. The molecular formula is C9H9N2. The Morgan fingerprint density at radius 2 is 2.36 bits per heavy atom. The van der Waals surface area contributed by atoms with Gasteiger partial charge < -0.3 is 4.40 Å². The van der Waals surface area contributed by atoms with Gasteiger partial charge in [-0.25, -0.2) is 4.98 Å². The van der Waals surface area contributed by atoms with Crippen LogP contribution in [0.2, 0.25) is 0 Å². The average Bonchev–Trinajstić information content (AvgIpc) is 2.47. The monoisotopic (exact) mass is 145 g/mol. The molecule has 2 heterocycles. The van der Waals surface area contributed by atoms with Crippen molar-refractivity contribution in [3.05, 3.63) is 42.7 Å². The largest absolute Gasteiger partial charge is 0.304 e. The van der Waals surface area contributed by atoms with Gasteiger partial charge in [-0.2, -0.15) is 0 Å². The maximum Gasteiger partial charge on any atom is 0.136 e. The van der Waals surface area contributed by atoms with Crippen molar-refractivity contribution in [2.24, 2.45) is 0 Å². The Labute approximate surface area is 65.5 Å². The van der Waals surface area contributed by atoms with Crippen molar-refractivity contribution in [3.8, 4) is 0 Å². The van der Waals surface area contributed by atoms with E-state index in [1.54, 1.807) is 0 Å². The molecule has 0 fully saturated rings. The minimum absolute atomic E-state index is 1.00. The van der Waals surface area contributed by atoms with Crippen molar-refractivity contribution in [1.82, 2.24) is 9.38 Å². The van der Waals surface area contributed by atoms with Crippen molar-refractivity contribution in [2.75, 3.05) is 0 Å². The highest BCUT2D eigenvalue weighted by Gasteiger charge is 1.97. The van der Waals surface area contributed by atoms with Crippen LogP contribution in [0.4, 0.5) is 0 Å². The van der Waals surface area contributed by atoms with E-state index in [2.05, 4.69) is 9.38 Å². The first-order chi connectivity index (χ1) is 5.42. The van der Waals surface area contributed by atoms with Crippen molar-refractivity contribution < 1.29 is 0 Å². The van der Waals surface area contributed by atoms with Crippen LogP contribution in [0.5, 0.6) is 0 Å². The Hall–Kier alpha value is -1.31. The first kappa shape index (κ1) is 6.40. The molecule has 0 saturated heterocycles. The van der Waals surface area contributed by atoms with Crippen LogP contribution in [0.15, 0.2) is 30.6 Å². The van der Waals surface area contributed by atoms with Crippen LogP contribution in [0.1, 0.15) is 12.6 Å². The van der Waals surface area contributed by atoms with Gasteiger partial charge in [-0.3, -0.25) is 0 Å². The molecule has 0 atom stereocenters. The van der Waals surface area contributed by atoms with E-state index in [0.29, 0.717) is 0 Å². The molecule has 0 bridgehead atoms. The normalized spacial score (nSPS) is 10.6. The molecule has 0 unspecified atom stereocenters. The Balaban J connectivity index is 2.76. The first-order valence-electron chi connectivity index (χ1n) is 3.63. The molecule has 2 nitrogen and oxygen atoms in total. The molecule has 1 radical (unpaired) electrons. The van der Waals surface area contributed by atoms with E-state index in [1.807, 2.05) is 43.9 Å². The number of imidazole rings is 1. The first-order valence-corrected chi connectivity index (χ1v) is 3.63. The van der Waals surface area contributed by atoms with Crippen LogP contribution in [0.3, 0.4) is 0 Å². The second-order valence-corrected chi connectivity index (χ2v) is 2.40. The van der Waals surface area contributed by atoms with Gasteiger partial charge in [0.25, 0.3) is 0 Å². The van der Waals surface area contributed by atoms with E-state index in [-0.39, 0.29) is 0 Å². The third-order valence-corrected chi connectivity index (χ3v) is 1.74.